The number of carbonyl (C=O) groups is 2. The monoisotopic (exact) mass is 555 g/mol. The molecule has 7 nitrogen and oxygen atoms in total. The summed E-state index contributed by atoms with van der Waals surface area (Å²) in [6.07, 6.45) is 0.768. The lowest BCUT2D eigenvalue weighted by Gasteiger charge is -2.33. The first-order chi connectivity index (χ1) is 16.8. The summed E-state index contributed by atoms with van der Waals surface area (Å²) in [4.78, 5) is 28.2. The van der Waals surface area contributed by atoms with Crippen LogP contribution in [0.4, 0.5) is 0 Å². The summed E-state index contributed by atoms with van der Waals surface area (Å²) < 4.78 is 26.8. The number of nitrogens with one attached hydrogen (secondary N) is 1. The molecule has 2 aromatic carbocycles. The summed E-state index contributed by atoms with van der Waals surface area (Å²) in [7, 11) is -2.17. The molecular formula is C26H35Cl2N3O4S. The van der Waals surface area contributed by atoms with E-state index in [9.17, 15) is 18.0 Å². The van der Waals surface area contributed by atoms with Gasteiger partial charge in [0.15, 0.2) is 0 Å². The van der Waals surface area contributed by atoms with Gasteiger partial charge < -0.3 is 10.2 Å². The first-order valence-electron chi connectivity index (χ1n) is 11.8. The zero-order valence-corrected chi connectivity index (χ0v) is 23.8. The molecule has 2 aromatic rings. The Bertz CT molecular complexity index is 1150. The highest BCUT2D eigenvalue weighted by molar-refractivity contribution is 7.89. The van der Waals surface area contributed by atoms with Gasteiger partial charge in [-0.15, -0.1) is 0 Å². The van der Waals surface area contributed by atoms with Gasteiger partial charge in [-0.2, -0.15) is 0 Å². The lowest BCUT2D eigenvalue weighted by atomic mass is 10.0. The maximum atomic E-state index is 13.4. The summed E-state index contributed by atoms with van der Waals surface area (Å²) in [6, 6.07) is 12.5. The summed E-state index contributed by atoms with van der Waals surface area (Å²) in [5, 5.41) is 3.83. The van der Waals surface area contributed by atoms with Gasteiger partial charge in [0.1, 0.15) is 6.04 Å². The number of benzene rings is 2. The molecule has 2 rings (SSSR count). The number of halogens is 2. The van der Waals surface area contributed by atoms with Gasteiger partial charge >= 0.3 is 0 Å². The van der Waals surface area contributed by atoms with Crippen LogP contribution < -0.4 is 5.32 Å². The first-order valence-corrected chi connectivity index (χ1v) is 14.0. The van der Waals surface area contributed by atoms with Crippen LogP contribution in [0, 0.1) is 0 Å². The highest BCUT2D eigenvalue weighted by atomic mass is 35.5. The topological polar surface area (TPSA) is 86.8 Å². The van der Waals surface area contributed by atoms with Crippen molar-refractivity contribution in [1.29, 1.82) is 0 Å². The van der Waals surface area contributed by atoms with Gasteiger partial charge in [0, 0.05) is 42.1 Å². The fourth-order valence-electron chi connectivity index (χ4n) is 3.69. The molecule has 1 atom stereocenters. The van der Waals surface area contributed by atoms with Gasteiger partial charge in [-0.3, -0.25) is 9.59 Å². The highest BCUT2D eigenvalue weighted by Gasteiger charge is 2.31. The van der Waals surface area contributed by atoms with E-state index in [0.29, 0.717) is 28.5 Å². The van der Waals surface area contributed by atoms with Crippen LogP contribution in [0.1, 0.15) is 52.5 Å². The molecule has 198 valence electrons. The van der Waals surface area contributed by atoms with Crippen LogP contribution in [0.2, 0.25) is 10.0 Å². The van der Waals surface area contributed by atoms with Crippen molar-refractivity contribution >= 4 is 45.0 Å². The van der Waals surface area contributed by atoms with E-state index in [0.717, 1.165) is 0 Å². The standard InChI is InChI=1S/C26H35Cl2N3O4S/c1-6-23(25(33)29-26(2,3)4)31(18-19-14-15-20(27)17-22(19)28)24(32)13-10-16-30(5)36(34,35)21-11-8-7-9-12-21/h7-9,11-12,14-15,17,23H,6,10,13,16,18H2,1-5H3,(H,29,33)/t23-/m0/s1. The summed E-state index contributed by atoms with van der Waals surface area (Å²) in [5.74, 6) is -0.519. The van der Waals surface area contributed by atoms with Crippen LogP contribution in [-0.2, 0) is 26.2 Å². The van der Waals surface area contributed by atoms with E-state index in [1.54, 1.807) is 36.4 Å². The number of nitrogens with zero attached hydrogens (tertiary/aromatic N) is 2. The maximum absolute atomic E-state index is 13.4. The Kier molecular flexibility index (Phi) is 10.8. The van der Waals surface area contributed by atoms with Crippen LogP contribution in [-0.4, -0.2) is 54.6 Å². The first kappa shape index (κ1) is 30.1. The second-order valence-electron chi connectivity index (χ2n) is 9.66. The number of carbonyl (C=O) groups excluding carboxylic acids is 2. The van der Waals surface area contributed by atoms with Crippen molar-refractivity contribution in [3.05, 3.63) is 64.1 Å². The molecular weight excluding hydrogens is 521 g/mol. The number of amides is 2. The second kappa shape index (κ2) is 12.9. The molecule has 0 saturated heterocycles. The van der Waals surface area contributed by atoms with Gasteiger partial charge in [-0.1, -0.05) is 54.4 Å². The third-order valence-electron chi connectivity index (χ3n) is 5.55. The lowest BCUT2D eigenvalue weighted by Crippen LogP contribution is -2.53. The largest absolute Gasteiger partial charge is 0.350 e. The van der Waals surface area contributed by atoms with E-state index in [4.69, 9.17) is 23.2 Å². The molecule has 0 aliphatic carbocycles. The van der Waals surface area contributed by atoms with E-state index in [1.165, 1.54) is 28.4 Å². The van der Waals surface area contributed by atoms with Crippen molar-refractivity contribution in [3.63, 3.8) is 0 Å². The second-order valence-corrected chi connectivity index (χ2v) is 12.6. The number of hydrogen-bond acceptors (Lipinski definition) is 4. The molecule has 0 spiro atoms. The molecule has 0 saturated carbocycles. The molecule has 0 radical (unpaired) electrons. The third kappa shape index (κ3) is 8.47. The van der Waals surface area contributed by atoms with Crippen molar-refractivity contribution < 1.29 is 18.0 Å². The van der Waals surface area contributed by atoms with E-state index < -0.39 is 21.6 Å². The van der Waals surface area contributed by atoms with Crippen molar-refractivity contribution in [3.8, 4) is 0 Å². The Morgan fingerprint density at radius 2 is 1.69 bits per heavy atom. The minimum atomic E-state index is -3.66. The predicted molar refractivity (Wildman–Crippen MR) is 144 cm³/mol. The van der Waals surface area contributed by atoms with Crippen molar-refractivity contribution in [2.75, 3.05) is 13.6 Å². The minimum absolute atomic E-state index is 0.0686. The quantitative estimate of drug-likeness (QED) is 0.417. The smallest absolute Gasteiger partial charge is 0.243 e. The summed E-state index contributed by atoms with van der Waals surface area (Å²) in [6.45, 7) is 7.76. The Balaban J connectivity index is 2.19. The van der Waals surface area contributed by atoms with Crippen LogP contribution in [0.5, 0.6) is 0 Å². The average Bonchev–Trinajstić information content (AvgIpc) is 2.79. The normalized spacial score (nSPS) is 12.9. The van der Waals surface area contributed by atoms with Gasteiger partial charge in [-0.05, 0) is 63.4 Å². The van der Waals surface area contributed by atoms with Crippen LogP contribution in [0.3, 0.4) is 0 Å². The molecule has 0 unspecified atom stereocenters. The average molecular weight is 557 g/mol. The van der Waals surface area contributed by atoms with Crippen LogP contribution in [0.15, 0.2) is 53.4 Å². The summed E-state index contributed by atoms with van der Waals surface area (Å²) >= 11 is 12.4. The van der Waals surface area contributed by atoms with Crippen molar-refractivity contribution in [1.82, 2.24) is 14.5 Å². The molecule has 10 heteroatoms. The van der Waals surface area contributed by atoms with Gasteiger partial charge in [0.2, 0.25) is 21.8 Å². The number of hydrogen-bond donors (Lipinski definition) is 1. The fraction of sp³-hybridized carbons (Fsp3) is 0.462. The zero-order valence-electron chi connectivity index (χ0n) is 21.4. The van der Waals surface area contributed by atoms with E-state index in [1.807, 2.05) is 27.7 Å². The maximum Gasteiger partial charge on any atom is 0.243 e. The molecule has 0 heterocycles. The highest BCUT2D eigenvalue weighted by Crippen LogP contribution is 2.24. The van der Waals surface area contributed by atoms with Crippen LogP contribution in [0.25, 0.3) is 0 Å². The molecule has 0 bridgehead atoms. The Hall–Kier alpha value is -2.13. The van der Waals surface area contributed by atoms with Gasteiger partial charge in [0.25, 0.3) is 0 Å². The number of sulfonamides is 1. The van der Waals surface area contributed by atoms with E-state index >= 15 is 0 Å². The Labute approximate surface area is 224 Å². The Morgan fingerprint density at radius 1 is 1.06 bits per heavy atom. The minimum Gasteiger partial charge on any atom is -0.350 e. The third-order valence-corrected chi connectivity index (χ3v) is 8.01. The van der Waals surface area contributed by atoms with Crippen molar-refractivity contribution in [2.45, 2.75) is 70.0 Å². The van der Waals surface area contributed by atoms with E-state index in [2.05, 4.69) is 5.32 Å². The van der Waals surface area contributed by atoms with Gasteiger partial charge in [-0.25, -0.2) is 12.7 Å². The molecule has 0 fully saturated rings. The van der Waals surface area contributed by atoms with Crippen LogP contribution >= 0.6 is 23.2 Å². The SMILES string of the molecule is CC[C@@H](C(=O)NC(C)(C)C)N(Cc1ccc(Cl)cc1Cl)C(=O)CCCN(C)S(=O)(=O)c1ccccc1. The molecule has 1 N–H and O–H groups in total. The predicted octanol–water partition coefficient (Wildman–Crippen LogP) is 5.12. The molecule has 0 aliphatic heterocycles. The van der Waals surface area contributed by atoms with E-state index in [-0.39, 0.29) is 36.2 Å². The number of rotatable bonds is 11. The Morgan fingerprint density at radius 3 is 2.25 bits per heavy atom. The molecule has 2 amide bonds. The summed E-state index contributed by atoms with van der Waals surface area (Å²) in [5.41, 5.74) is 0.200. The zero-order chi connectivity index (χ0) is 27.1. The lowest BCUT2D eigenvalue weighted by molar-refractivity contribution is -0.142. The molecule has 36 heavy (non-hydrogen) atoms. The van der Waals surface area contributed by atoms with Gasteiger partial charge in [0.05, 0.1) is 4.90 Å². The van der Waals surface area contributed by atoms with Crippen molar-refractivity contribution in [2.24, 2.45) is 0 Å². The molecule has 0 aliphatic rings. The fourth-order valence-corrected chi connectivity index (χ4v) is 5.39. The molecule has 0 aromatic heterocycles.